The van der Waals surface area contributed by atoms with Crippen LogP contribution in [0.2, 0.25) is 0 Å². The highest BCUT2D eigenvalue weighted by Gasteiger charge is 2.12. The first-order valence-corrected chi connectivity index (χ1v) is 6.61. The fourth-order valence-electron chi connectivity index (χ4n) is 1.47. The third kappa shape index (κ3) is 3.72. The van der Waals surface area contributed by atoms with Crippen molar-refractivity contribution >= 4 is 17.6 Å². The zero-order valence-corrected chi connectivity index (χ0v) is 10.2. The van der Waals surface area contributed by atoms with Crippen molar-refractivity contribution in [1.82, 2.24) is 10.3 Å². The number of anilines is 1. The Balaban J connectivity index is 2.74. The molecule has 0 amide bonds. The highest BCUT2D eigenvalue weighted by atomic mass is 32.2. The maximum atomic E-state index is 5.86. The zero-order valence-electron chi connectivity index (χ0n) is 9.36. The third-order valence-corrected chi connectivity index (χ3v) is 2.89. The van der Waals surface area contributed by atoms with E-state index in [0.717, 1.165) is 24.3 Å². The van der Waals surface area contributed by atoms with E-state index in [1.807, 2.05) is 23.9 Å². The molecule has 0 aliphatic rings. The lowest BCUT2D eigenvalue weighted by Gasteiger charge is -2.18. The summed E-state index contributed by atoms with van der Waals surface area (Å²) in [5.41, 5.74) is 6.97. The lowest BCUT2D eigenvalue weighted by molar-refractivity contribution is 0.578. The second-order valence-corrected chi connectivity index (χ2v) is 4.35. The summed E-state index contributed by atoms with van der Waals surface area (Å²) < 4.78 is 0. The molecule has 1 heterocycles. The van der Waals surface area contributed by atoms with Crippen molar-refractivity contribution in [3.8, 4) is 0 Å². The van der Waals surface area contributed by atoms with Crippen LogP contribution in [0.4, 0.5) is 5.82 Å². The summed E-state index contributed by atoms with van der Waals surface area (Å²) in [6.45, 7) is 3.18. The minimum atomic E-state index is 0.314. The largest absolute Gasteiger partial charge is 0.383 e. The predicted molar refractivity (Wildman–Crippen MR) is 68.1 cm³/mol. The molecule has 0 spiro atoms. The van der Waals surface area contributed by atoms with Crippen LogP contribution >= 0.6 is 11.8 Å². The van der Waals surface area contributed by atoms with Crippen LogP contribution in [0, 0.1) is 0 Å². The first kappa shape index (κ1) is 12.3. The Hall–Kier alpha value is -0.740. The lowest BCUT2D eigenvalue weighted by Crippen LogP contribution is -2.25. The van der Waals surface area contributed by atoms with Crippen LogP contribution in [0.15, 0.2) is 18.3 Å². The molecule has 4 heteroatoms. The summed E-state index contributed by atoms with van der Waals surface area (Å²) >= 11 is 1.82. The molecular weight excluding hydrogens is 206 g/mol. The van der Waals surface area contributed by atoms with Gasteiger partial charge in [-0.25, -0.2) is 4.98 Å². The summed E-state index contributed by atoms with van der Waals surface area (Å²) in [6.07, 6.45) is 4.97. The highest BCUT2D eigenvalue weighted by molar-refractivity contribution is 7.98. The molecule has 3 N–H and O–H groups in total. The van der Waals surface area contributed by atoms with Crippen molar-refractivity contribution < 1.29 is 0 Å². The number of pyridine rings is 1. The molecule has 0 aliphatic heterocycles. The van der Waals surface area contributed by atoms with Crippen LogP contribution in [-0.4, -0.2) is 23.5 Å². The molecule has 0 aliphatic carbocycles. The van der Waals surface area contributed by atoms with Crippen molar-refractivity contribution in [1.29, 1.82) is 0 Å². The van der Waals surface area contributed by atoms with Crippen molar-refractivity contribution in [2.45, 2.75) is 19.4 Å². The molecule has 1 aromatic rings. The van der Waals surface area contributed by atoms with Gasteiger partial charge in [0.05, 0.1) is 0 Å². The van der Waals surface area contributed by atoms with Gasteiger partial charge in [0.15, 0.2) is 0 Å². The van der Waals surface area contributed by atoms with Gasteiger partial charge in [0.1, 0.15) is 5.82 Å². The Morgan fingerprint density at radius 1 is 1.60 bits per heavy atom. The van der Waals surface area contributed by atoms with Crippen LogP contribution in [0.25, 0.3) is 0 Å². The topological polar surface area (TPSA) is 50.9 Å². The van der Waals surface area contributed by atoms with Crippen molar-refractivity contribution in [2.24, 2.45) is 0 Å². The fourth-order valence-corrected chi connectivity index (χ4v) is 2.10. The van der Waals surface area contributed by atoms with Gasteiger partial charge in [-0.05, 0) is 25.3 Å². The number of nitrogens with zero attached hydrogens (tertiary/aromatic N) is 1. The van der Waals surface area contributed by atoms with Crippen LogP contribution in [-0.2, 0) is 0 Å². The first-order valence-electron chi connectivity index (χ1n) is 5.22. The summed E-state index contributed by atoms with van der Waals surface area (Å²) in [4.78, 5) is 4.12. The van der Waals surface area contributed by atoms with Crippen molar-refractivity contribution in [3.05, 3.63) is 23.9 Å². The zero-order chi connectivity index (χ0) is 11.1. The maximum Gasteiger partial charge on any atom is 0.128 e. The molecule has 1 rings (SSSR count). The van der Waals surface area contributed by atoms with E-state index in [1.54, 1.807) is 6.20 Å². The van der Waals surface area contributed by atoms with Gasteiger partial charge in [-0.1, -0.05) is 13.0 Å². The smallest absolute Gasteiger partial charge is 0.128 e. The Kier molecular flexibility index (Phi) is 5.50. The van der Waals surface area contributed by atoms with Crippen molar-refractivity contribution in [3.63, 3.8) is 0 Å². The molecule has 0 fully saturated rings. The summed E-state index contributed by atoms with van der Waals surface area (Å²) in [5.74, 6) is 1.66. The van der Waals surface area contributed by atoms with E-state index in [-0.39, 0.29) is 0 Å². The summed E-state index contributed by atoms with van der Waals surface area (Å²) in [7, 11) is 0. The Labute approximate surface area is 95.9 Å². The van der Waals surface area contributed by atoms with Crippen LogP contribution in [0.3, 0.4) is 0 Å². The molecule has 0 bridgehead atoms. The monoisotopic (exact) mass is 225 g/mol. The second-order valence-electron chi connectivity index (χ2n) is 3.44. The molecule has 1 atom stereocenters. The molecule has 0 radical (unpaired) electrons. The molecule has 84 valence electrons. The SMILES string of the molecule is CCCNC(CSC)c1cccnc1N. The molecule has 0 aromatic carbocycles. The average Bonchev–Trinajstić information content (AvgIpc) is 2.25. The highest BCUT2D eigenvalue weighted by Crippen LogP contribution is 2.20. The summed E-state index contributed by atoms with van der Waals surface area (Å²) in [6, 6.07) is 4.30. The number of hydrogen-bond donors (Lipinski definition) is 2. The van der Waals surface area contributed by atoms with E-state index < -0.39 is 0 Å². The van der Waals surface area contributed by atoms with Crippen LogP contribution in [0.5, 0.6) is 0 Å². The molecule has 15 heavy (non-hydrogen) atoms. The van der Waals surface area contributed by atoms with Gasteiger partial charge in [-0.15, -0.1) is 0 Å². The first-order chi connectivity index (χ1) is 7.29. The van der Waals surface area contributed by atoms with Gasteiger partial charge in [-0.3, -0.25) is 0 Å². The summed E-state index contributed by atoms with van der Waals surface area (Å²) in [5, 5.41) is 3.49. The fraction of sp³-hybridized carbons (Fsp3) is 0.545. The minimum absolute atomic E-state index is 0.314. The third-order valence-electron chi connectivity index (χ3n) is 2.22. The standard InChI is InChI=1S/C11H19N3S/c1-3-6-13-10(8-15-2)9-5-4-7-14-11(9)12/h4-5,7,10,13H,3,6,8H2,1-2H3,(H2,12,14). The number of nitrogens with two attached hydrogens (primary N) is 1. The Morgan fingerprint density at radius 3 is 3.00 bits per heavy atom. The van der Waals surface area contributed by atoms with Crippen LogP contribution < -0.4 is 11.1 Å². The van der Waals surface area contributed by atoms with Crippen LogP contribution in [0.1, 0.15) is 24.9 Å². The average molecular weight is 225 g/mol. The van der Waals surface area contributed by atoms with E-state index in [2.05, 4.69) is 23.5 Å². The molecule has 1 unspecified atom stereocenters. The maximum absolute atomic E-state index is 5.86. The van der Waals surface area contributed by atoms with Gasteiger partial charge in [-0.2, -0.15) is 11.8 Å². The molecule has 1 aromatic heterocycles. The number of nitrogen functional groups attached to an aromatic ring is 1. The second kappa shape index (κ2) is 6.69. The quantitative estimate of drug-likeness (QED) is 0.778. The predicted octanol–water partition coefficient (Wildman–Crippen LogP) is 2.07. The van der Waals surface area contributed by atoms with E-state index >= 15 is 0 Å². The molecule has 0 saturated carbocycles. The Bertz CT molecular complexity index is 291. The normalized spacial score (nSPS) is 12.7. The number of hydrogen-bond acceptors (Lipinski definition) is 4. The van der Waals surface area contributed by atoms with E-state index in [0.29, 0.717) is 11.9 Å². The number of thioether (sulfide) groups is 1. The van der Waals surface area contributed by atoms with E-state index in [9.17, 15) is 0 Å². The Morgan fingerprint density at radius 2 is 2.40 bits per heavy atom. The van der Waals surface area contributed by atoms with Gasteiger partial charge < -0.3 is 11.1 Å². The van der Waals surface area contributed by atoms with Crippen molar-refractivity contribution in [2.75, 3.05) is 24.3 Å². The molecule has 0 saturated heterocycles. The van der Waals surface area contributed by atoms with Gasteiger partial charge in [0, 0.05) is 23.6 Å². The number of aromatic nitrogens is 1. The minimum Gasteiger partial charge on any atom is -0.383 e. The van der Waals surface area contributed by atoms with E-state index in [1.165, 1.54) is 0 Å². The van der Waals surface area contributed by atoms with Gasteiger partial charge >= 0.3 is 0 Å². The van der Waals surface area contributed by atoms with Gasteiger partial charge in [0.2, 0.25) is 0 Å². The molecular formula is C11H19N3S. The number of nitrogens with one attached hydrogen (secondary N) is 1. The molecule has 3 nitrogen and oxygen atoms in total. The lowest BCUT2D eigenvalue weighted by atomic mass is 10.1. The number of rotatable bonds is 6. The van der Waals surface area contributed by atoms with E-state index in [4.69, 9.17) is 5.73 Å². The van der Waals surface area contributed by atoms with Gasteiger partial charge in [0.25, 0.3) is 0 Å².